The number of ether oxygens (including phenoxy) is 1. The third-order valence-corrected chi connectivity index (χ3v) is 5.90. The second kappa shape index (κ2) is 9.79. The summed E-state index contributed by atoms with van der Waals surface area (Å²) in [6.07, 6.45) is 0. The van der Waals surface area contributed by atoms with Crippen molar-refractivity contribution in [3.63, 3.8) is 0 Å². The van der Waals surface area contributed by atoms with Gasteiger partial charge in [-0.25, -0.2) is 0 Å². The van der Waals surface area contributed by atoms with Crippen LogP contribution in [0.5, 0.6) is 0 Å². The van der Waals surface area contributed by atoms with Gasteiger partial charge in [0, 0.05) is 19.2 Å². The molecule has 166 valence electrons. The summed E-state index contributed by atoms with van der Waals surface area (Å²) in [6.45, 7) is 4.64. The molecular formula is C21H22N6O4S. The van der Waals surface area contributed by atoms with Crippen LogP contribution < -0.4 is 10.2 Å². The minimum atomic E-state index is -0.522. The Morgan fingerprint density at radius 1 is 1.16 bits per heavy atom. The Kier molecular flexibility index (Phi) is 6.66. The van der Waals surface area contributed by atoms with Crippen LogP contribution in [0, 0.1) is 17.0 Å². The van der Waals surface area contributed by atoms with Gasteiger partial charge in [0.05, 0.1) is 29.6 Å². The molecule has 1 aromatic heterocycles. The van der Waals surface area contributed by atoms with Crippen molar-refractivity contribution in [2.24, 2.45) is 0 Å². The lowest BCUT2D eigenvalue weighted by atomic mass is 10.2. The molecule has 0 bridgehead atoms. The van der Waals surface area contributed by atoms with Crippen molar-refractivity contribution in [2.45, 2.75) is 12.1 Å². The summed E-state index contributed by atoms with van der Waals surface area (Å²) in [6, 6.07) is 14.0. The van der Waals surface area contributed by atoms with Gasteiger partial charge in [-0.3, -0.25) is 19.5 Å². The van der Waals surface area contributed by atoms with E-state index in [0.29, 0.717) is 37.4 Å². The van der Waals surface area contributed by atoms with Crippen LogP contribution in [0.15, 0.2) is 53.7 Å². The van der Waals surface area contributed by atoms with E-state index in [2.05, 4.69) is 20.4 Å². The number of hydrogen-bond acceptors (Lipinski definition) is 8. The number of carbonyl (C=O) groups is 1. The van der Waals surface area contributed by atoms with E-state index in [4.69, 9.17) is 4.74 Å². The van der Waals surface area contributed by atoms with Gasteiger partial charge in [0.25, 0.3) is 5.69 Å². The first-order valence-electron chi connectivity index (χ1n) is 10.0. The number of thioether (sulfide) groups is 1. The summed E-state index contributed by atoms with van der Waals surface area (Å²) in [5, 5.41) is 23.1. The summed E-state index contributed by atoms with van der Waals surface area (Å²) in [5.74, 6) is 0.361. The Balaban J connectivity index is 1.56. The maximum Gasteiger partial charge on any atom is 0.292 e. The first kappa shape index (κ1) is 21.8. The van der Waals surface area contributed by atoms with Crippen molar-refractivity contribution in [3.8, 4) is 5.69 Å². The van der Waals surface area contributed by atoms with Gasteiger partial charge in [-0.05, 0) is 24.6 Å². The van der Waals surface area contributed by atoms with Crippen molar-refractivity contribution >= 4 is 35.0 Å². The van der Waals surface area contributed by atoms with Crippen molar-refractivity contribution in [1.82, 2.24) is 14.8 Å². The van der Waals surface area contributed by atoms with Crippen LogP contribution in [0.25, 0.3) is 5.69 Å². The van der Waals surface area contributed by atoms with E-state index in [-0.39, 0.29) is 23.0 Å². The molecule has 2 heterocycles. The molecular weight excluding hydrogens is 432 g/mol. The van der Waals surface area contributed by atoms with Crippen LogP contribution in [-0.4, -0.2) is 57.7 Å². The number of anilines is 2. The standard InChI is InChI=1S/C21H22N6O4S/c1-15-6-2-4-8-17(15)26-20(25-10-12-31-13-11-25)23-24-21(26)32-14-19(28)22-16-7-3-5-9-18(16)27(29)30/h2-9H,10-14H2,1H3,(H,22,28). The second-order valence-electron chi connectivity index (χ2n) is 7.12. The maximum atomic E-state index is 12.5. The molecule has 3 aromatic rings. The third-order valence-electron chi connectivity index (χ3n) is 4.97. The zero-order chi connectivity index (χ0) is 22.5. The highest BCUT2D eigenvalue weighted by atomic mass is 32.2. The summed E-state index contributed by atoms with van der Waals surface area (Å²) in [4.78, 5) is 25.3. The molecule has 1 aliphatic heterocycles. The lowest BCUT2D eigenvalue weighted by molar-refractivity contribution is -0.383. The molecule has 2 aromatic carbocycles. The van der Waals surface area contributed by atoms with E-state index in [1.807, 2.05) is 35.8 Å². The molecule has 11 heteroatoms. The summed E-state index contributed by atoms with van der Waals surface area (Å²) in [7, 11) is 0. The van der Waals surface area contributed by atoms with E-state index < -0.39 is 4.92 Å². The number of rotatable bonds is 7. The Morgan fingerprint density at radius 3 is 2.62 bits per heavy atom. The topological polar surface area (TPSA) is 115 Å². The first-order chi connectivity index (χ1) is 15.5. The fraction of sp³-hybridized carbons (Fsp3) is 0.286. The second-order valence-corrected chi connectivity index (χ2v) is 8.06. The van der Waals surface area contributed by atoms with Crippen LogP contribution in [0.2, 0.25) is 0 Å². The quantitative estimate of drug-likeness (QED) is 0.329. The number of carbonyl (C=O) groups excluding carboxylic acids is 1. The smallest absolute Gasteiger partial charge is 0.292 e. The lowest BCUT2D eigenvalue weighted by Gasteiger charge is -2.28. The zero-order valence-corrected chi connectivity index (χ0v) is 18.2. The van der Waals surface area contributed by atoms with Crippen molar-refractivity contribution < 1.29 is 14.5 Å². The predicted molar refractivity (Wildman–Crippen MR) is 122 cm³/mol. The molecule has 1 amide bonds. The van der Waals surface area contributed by atoms with Gasteiger partial charge in [0.2, 0.25) is 11.9 Å². The van der Waals surface area contributed by atoms with Crippen LogP contribution in [0.1, 0.15) is 5.56 Å². The molecule has 0 spiro atoms. The van der Waals surface area contributed by atoms with Crippen LogP contribution in [0.4, 0.5) is 17.3 Å². The highest BCUT2D eigenvalue weighted by Gasteiger charge is 2.23. The number of aromatic nitrogens is 3. The number of nitrogens with one attached hydrogen (secondary N) is 1. The van der Waals surface area contributed by atoms with E-state index in [1.165, 1.54) is 23.9 Å². The number of morpholine rings is 1. The highest BCUT2D eigenvalue weighted by molar-refractivity contribution is 7.99. The molecule has 0 atom stereocenters. The number of nitro benzene ring substituents is 1. The van der Waals surface area contributed by atoms with Gasteiger partial charge < -0.3 is 15.0 Å². The SMILES string of the molecule is Cc1ccccc1-n1c(SCC(=O)Nc2ccccc2[N+](=O)[O-])nnc1N1CCOCC1. The molecule has 0 unspecified atom stereocenters. The molecule has 1 N–H and O–H groups in total. The van der Waals surface area contributed by atoms with Crippen LogP contribution >= 0.6 is 11.8 Å². The van der Waals surface area contributed by atoms with Gasteiger partial charge in [-0.15, -0.1) is 10.2 Å². The molecule has 0 aliphatic carbocycles. The minimum Gasteiger partial charge on any atom is -0.378 e. The largest absolute Gasteiger partial charge is 0.378 e. The first-order valence-corrected chi connectivity index (χ1v) is 11.0. The number of nitro groups is 1. The van der Waals surface area contributed by atoms with E-state index in [0.717, 1.165) is 11.3 Å². The minimum absolute atomic E-state index is 0.0270. The Bertz CT molecular complexity index is 1130. The number of hydrogen-bond donors (Lipinski definition) is 1. The average molecular weight is 455 g/mol. The van der Waals surface area contributed by atoms with Crippen LogP contribution in [-0.2, 0) is 9.53 Å². The van der Waals surface area contributed by atoms with Gasteiger partial charge in [-0.2, -0.15) is 0 Å². The number of amides is 1. The predicted octanol–water partition coefficient (Wildman–Crippen LogP) is 3.05. The van der Waals surface area contributed by atoms with E-state index >= 15 is 0 Å². The molecule has 10 nitrogen and oxygen atoms in total. The molecule has 0 radical (unpaired) electrons. The maximum absolute atomic E-state index is 12.5. The highest BCUT2D eigenvalue weighted by Crippen LogP contribution is 2.29. The van der Waals surface area contributed by atoms with E-state index in [9.17, 15) is 14.9 Å². The molecule has 0 saturated carbocycles. The number of benzene rings is 2. The summed E-state index contributed by atoms with van der Waals surface area (Å²) >= 11 is 1.23. The van der Waals surface area contributed by atoms with Gasteiger partial charge >= 0.3 is 0 Å². The number of para-hydroxylation sites is 3. The number of nitrogens with zero attached hydrogens (tertiary/aromatic N) is 5. The average Bonchev–Trinajstić information content (AvgIpc) is 3.22. The third kappa shape index (κ3) is 4.73. The van der Waals surface area contributed by atoms with Gasteiger partial charge in [0.1, 0.15) is 5.69 Å². The molecule has 1 fully saturated rings. The van der Waals surface area contributed by atoms with Gasteiger partial charge in [0.15, 0.2) is 5.16 Å². The molecule has 1 saturated heterocycles. The normalized spacial score (nSPS) is 13.7. The fourth-order valence-electron chi connectivity index (χ4n) is 3.40. The Morgan fingerprint density at radius 2 is 1.88 bits per heavy atom. The van der Waals surface area contributed by atoms with Crippen molar-refractivity contribution in [3.05, 3.63) is 64.2 Å². The summed E-state index contributed by atoms with van der Waals surface area (Å²) in [5.41, 5.74) is 2.00. The Labute approximate surface area is 188 Å². The zero-order valence-electron chi connectivity index (χ0n) is 17.4. The van der Waals surface area contributed by atoms with Crippen LogP contribution in [0.3, 0.4) is 0 Å². The van der Waals surface area contributed by atoms with E-state index in [1.54, 1.807) is 12.1 Å². The molecule has 1 aliphatic rings. The number of aryl methyl sites for hydroxylation is 1. The fourth-order valence-corrected chi connectivity index (χ4v) is 4.14. The molecule has 4 rings (SSSR count). The monoisotopic (exact) mass is 454 g/mol. The lowest BCUT2D eigenvalue weighted by Crippen LogP contribution is -2.38. The van der Waals surface area contributed by atoms with Crippen molar-refractivity contribution in [2.75, 3.05) is 42.3 Å². The molecule has 32 heavy (non-hydrogen) atoms. The van der Waals surface area contributed by atoms with Crippen molar-refractivity contribution in [1.29, 1.82) is 0 Å². The van der Waals surface area contributed by atoms with Gasteiger partial charge in [-0.1, -0.05) is 42.1 Å². The summed E-state index contributed by atoms with van der Waals surface area (Å²) < 4.78 is 7.40. The Hall–Kier alpha value is -3.44.